The Morgan fingerprint density at radius 3 is 2.58 bits per heavy atom. The van der Waals surface area contributed by atoms with Gasteiger partial charge in [0.05, 0.1) is 13.7 Å². The van der Waals surface area contributed by atoms with E-state index in [2.05, 4.69) is 9.72 Å². The Hall–Kier alpha value is -1.85. The van der Waals surface area contributed by atoms with Crippen molar-refractivity contribution in [2.24, 2.45) is 0 Å². The lowest BCUT2D eigenvalue weighted by atomic mass is 10.2. The molecular formula is C13H12ClNO4. The fourth-order valence-electron chi connectivity index (χ4n) is 1.55. The summed E-state index contributed by atoms with van der Waals surface area (Å²) in [5.74, 6) is -0.210. The van der Waals surface area contributed by atoms with E-state index in [9.17, 15) is 4.79 Å². The van der Waals surface area contributed by atoms with Gasteiger partial charge in [-0.15, -0.1) is 0 Å². The van der Waals surface area contributed by atoms with E-state index in [4.69, 9.17) is 20.8 Å². The number of aromatic nitrogens is 1. The van der Waals surface area contributed by atoms with E-state index in [-0.39, 0.29) is 12.4 Å². The third kappa shape index (κ3) is 2.94. The number of carbonyl (C=O) groups excluding carboxylic acids is 1. The molecule has 0 unspecified atom stereocenters. The number of methoxy groups -OCH3 is 2. The van der Waals surface area contributed by atoms with Crippen LogP contribution in [0.4, 0.5) is 0 Å². The predicted molar refractivity (Wildman–Crippen MR) is 69.0 cm³/mol. The molecule has 0 aliphatic heterocycles. The van der Waals surface area contributed by atoms with Crippen LogP contribution in [-0.2, 0) is 16.1 Å². The first-order valence-corrected chi connectivity index (χ1v) is 5.86. The molecule has 5 nitrogen and oxygen atoms in total. The summed E-state index contributed by atoms with van der Waals surface area (Å²) in [6, 6.07) is 6.95. The zero-order valence-corrected chi connectivity index (χ0v) is 11.2. The molecule has 100 valence electrons. The monoisotopic (exact) mass is 281 g/mol. The number of ether oxygens (including phenoxy) is 2. The Balaban J connectivity index is 2.41. The predicted octanol–water partition coefficient (Wildman–Crippen LogP) is 2.93. The molecule has 0 amide bonds. The molecule has 0 atom stereocenters. The van der Waals surface area contributed by atoms with Gasteiger partial charge >= 0.3 is 5.97 Å². The molecule has 0 aliphatic carbocycles. The summed E-state index contributed by atoms with van der Waals surface area (Å²) in [4.78, 5) is 15.8. The zero-order chi connectivity index (χ0) is 13.8. The van der Waals surface area contributed by atoms with Crippen LogP contribution >= 0.6 is 11.6 Å². The summed E-state index contributed by atoms with van der Waals surface area (Å²) in [6.45, 7) is 0.168. The number of benzene rings is 1. The number of nitrogens with zero attached hydrogens (tertiary/aromatic N) is 1. The normalized spacial score (nSPS) is 10.5. The Labute approximate surface area is 115 Å². The number of rotatable bonds is 4. The molecule has 0 spiro atoms. The molecule has 1 aromatic carbocycles. The van der Waals surface area contributed by atoms with Gasteiger partial charge in [0.1, 0.15) is 5.69 Å². The Morgan fingerprint density at radius 1 is 1.32 bits per heavy atom. The standard InChI is InChI=1S/C13H12ClNO4/c1-17-7-10-11(13(16)18-2)19-12(15-10)8-3-5-9(14)6-4-8/h3-6H,7H2,1-2H3. The number of hydrogen-bond donors (Lipinski definition) is 0. The summed E-state index contributed by atoms with van der Waals surface area (Å²) in [5.41, 5.74) is 1.12. The van der Waals surface area contributed by atoms with Gasteiger partial charge in [-0.2, -0.15) is 0 Å². The van der Waals surface area contributed by atoms with Crippen molar-refractivity contribution < 1.29 is 18.7 Å². The molecule has 1 heterocycles. The molecule has 1 aromatic heterocycles. The molecule has 0 radical (unpaired) electrons. The maximum absolute atomic E-state index is 11.6. The zero-order valence-electron chi connectivity index (χ0n) is 10.5. The van der Waals surface area contributed by atoms with E-state index >= 15 is 0 Å². The highest BCUT2D eigenvalue weighted by atomic mass is 35.5. The first-order chi connectivity index (χ1) is 9.15. The molecule has 6 heteroatoms. The lowest BCUT2D eigenvalue weighted by molar-refractivity contribution is 0.0559. The number of halogens is 1. The van der Waals surface area contributed by atoms with Gasteiger partial charge in [0, 0.05) is 17.7 Å². The Bertz CT molecular complexity index is 577. The van der Waals surface area contributed by atoms with E-state index in [1.54, 1.807) is 24.3 Å². The smallest absolute Gasteiger partial charge is 0.376 e. The number of carbonyl (C=O) groups is 1. The quantitative estimate of drug-likeness (QED) is 0.806. The number of esters is 1. The van der Waals surface area contributed by atoms with Crippen LogP contribution in [0.15, 0.2) is 28.7 Å². The SMILES string of the molecule is COCc1nc(-c2ccc(Cl)cc2)oc1C(=O)OC. The van der Waals surface area contributed by atoms with E-state index in [0.29, 0.717) is 16.6 Å². The largest absolute Gasteiger partial charge is 0.463 e. The first kappa shape index (κ1) is 13.6. The molecule has 0 saturated carbocycles. The van der Waals surface area contributed by atoms with Gasteiger partial charge in [-0.05, 0) is 24.3 Å². The minimum atomic E-state index is -0.584. The van der Waals surface area contributed by atoms with Crippen molar-refractivity contribution in [2.45, 2.75) is 6.61 Å². The molecule has 19 heavy (non-hydrogen) atoms. The van der Waals surface area contributed by atoms with Crippen LogP contribution in [0.2, 0.25) is 5.02 Å². The van der Waals surface area contributed by atoms with Crippen LogP contribution in [0, 0.1) is 0 Å². The van der Waals surface area contributed by atoms with Crippen molar-refractivity contribution in [3.63, 3.8) is 0 Å². The van der Waals surface area contributed by atoms with E-state index < -0.39 is 5.97 Å². The lowest BCUT2D eigenvalue weighted by Crippen LogP contribution is -2.04. The van der Waals surface area contributed by atoms with E-state index in [1.807, 2.05) is 0 Å². The van der Waals surface area contributed by atoms with Gasteiger partial charge in [0.25, 0.3) is 0 Å². The van der Waals surface area contributed by atoms with Crippen molar-refractivity contribution in [3.8, 4) is 11.5 Å². The molecule has 2 rings (SSSR count). The van der Waals surface area contributed by atoms with Crippen LogP contribution in [0.25, 0.3) is 11.5 Å². The highest BCUT2D eigenvalue weighted by molar-refractivity contribution is 6.30. The molecule has 0 N–H and O–H groups in total. The van der Waals surface area contributed by atoms with E-state index in [1.165, 1.54) is 14.2 Å². The summed E-state index contributed by atoms with van der Waals surface area (Å²) < 4.78 is 15.1. The molecule has 2 aromatic rings. The summed E-state index contributed by atoms with van der Waals surface area (Å²) >= 11 is 5.81. The van der Waals surface area contributed by atoms with Gasteiger partial charge in [0.15, 0.2) is 0 Å². The Kier molecular flexibility index (Phi) is 4.19. The van der Waals surface area contributed by atoms with Crippen LogP contribution < -0.4 is 0 Å². The Morgan fingerprint density at radius 2 is 2.00 bits per heavy atom. The van der Waals surface area contributed by atoms with Crippen LogP contribution in [-0.4, -0.2) is 25.2 Å². The summed E-state index contributed by atoms with van der Waals surface area (Å²) in [7, 11) is 2.79. The molecule has 0 fully saturated rings. The van der Waals surface area contributed by atoms with Crippen LogP contribution in [0.5, 0.6) is 0 Å². The minimum Gasteiger partial charge on any atom is -0.463 e. The van der Waals surface area contributed by atoms with Crippen molar-refractivity contribution in [3.05, 3.63) is 40.7 Å². The topological polar surface area (TPSA) is 61.6 Å². The van der Waals surface area contributed by atoms with Gasteiger partial charge in [-0.1, -0.05) is 11.6 Å². The van der Waals surface area contributed by atoms with Gasteiger partial charge in [-0.25, -0.2) is 9.78 Å². The van der Waals surface area contributed by atoms with Gasteiger partial charge in [-0.3, -0.25) is 0 Å². The lowest BCUT2D eigenvalue weighted by Gasteiger charge is -1.96. The number of oxazole rings is 1. The first-order valence-electron chi connectivity index (χ1n) is 5.48. The van der Waals surface area contributed by atoms with E-state index in [0.717, 1.165) is 5.56 Å². The van der Waals surface area contributed by atoms with Gasteiger partial charge < -0.3 is 13.9 Å². The molecular weight excluding hydrogens is 270 g/mol. The minimum absolute atomic E-state index is 0.0503. The van der Waals surface area contributed by atoms with Gasteiger partial charge in [0.2, 0.25) is 11.7 Å². The van der Waals surface area contributed by atoms with Crippen LogP contribution in [0.1, 0.15) is 16.2 Å². The summed E-state index contributed by atoms with van der Waals surface area (Å²) in [6.07, 6.45) is 0. The highest BCUT2D eigenvalue weighted by Gasteiger charge is 2.21. The van der Waals surface area contributed by atoms with Crippen molar-refractivity contribution in [1.29, 1.82) is 0 Å². The maximum Gasteiger partial charge on any atom is 0.376 e. The number of hydrogen-bond acceptors (Lipinski definition) is 5. The van der Waals surface area contributed by atoms with Crippen molar-refractivity contribution in [1.82, 2.24) is 4.98 Å². The third-order valence-electron chi connectivity index (χ3n) is 2.44. The second-order valence-corrected chi connectivity index (χ2v) is 4.16. The third-order valence-corrected chi connectivity index (χ3v) is 2.69. The fourth-order valence-corrected chi connectivity index (χ4v) is 1.68. The molecule has 0 bridgehead atoms. The van der Waals surface area contributed by atoms with Crippen molar-refractivity contribution >= 4 is 17.6 Å². The summed E-state index contributed by atoms with van der Waals surface area (Å²) in [5, 5.41) is 0.612. The van der Waals surface area contributed by atoms with Crippen molar-refractivity contribution in [2.75, 3.05) is 14.2 Å². The fraction of sp³-hybridized carbons (Fsp3) is 0.231. The maximum atomic E-state index is 11.6. The average Bonchev–Trinajstić information content (AvgIpc) is 2.83. The highest BCUT2D eigenvalue weighted by Crippen LogP contribution is 2.24. The molecule has 0 saturated heterocycles. The van der Waals surface area contributed by atoms with Crippen LogP contribution in [0.3, 0.4) is 0 Å². The average molecular weight is 282 g/mol. The molecule has 0 aliphatic rings. The second-order valence-electron chi connectivity index (χ2n) is 3.73. The second kappa shape index (κ2) is 5.86.